The summed E-state index contributed by atoms with van der Waals surface area (Å²) in [7, 11) is 1.61. The van der Waals surface area contributed by atoms with Crippen LogP contribution in [0.3, 0.4) is 0 Å². The SMILES string of the molecule is COc1ccc(C(=O)N2CC(c3nc(CCOCC4CC4)no3)C2)cc1. The number of likely N-dealkylation sites (tertiary alicyclic amines) is 1. The van der Waals surface area contributed by atoms with Gasteiger partial charge < -0.3 is 18.9 Å². The zero-order valence-corrected chi connectivity index (χ0v) is 14.9. The normalized spacial score (nSPS) is 17.2. The van der Waals surface area contributed by atoms with E-state index in [2.05, 4.69) is 10.1 Å². The smallest absolute Gasteiger partial charge is 0.253 e. The molecule has 1 saturated carbocycles. The summed E-state index contributed by atoms with van der Waals surface area (Å²) >= 11 is 0. The predicted molar refractivity (Wildman–Crippen MR) is 93.2 cm³/mol. The van der Waals surface area contributed by atoms with Gasteiger partial charge in [-0.3, -0.25) is 4.79 Å². The fourth-order valence-electron chi connectivity index (χ4n) is 2.95. The molecule has 1 amide bonds. The summed E-state index contributed by atoms with van der Waals surface area (Å²) in [5, 5.41) is 4.02. The van der Waals surface area contributed by atoms with Gasteiger partial charge in [-0.1, -0.05) is 5.16 Å². The van der Waals surface area contributed by atoms with Crippen molar-refractivity contribution >= 4 is 5.91 Å². The number of nitrogens with zero attached hydrogens (tertiary/aromatic N) is 3. The lowest BCUT2D eigenvalue weighted by molar-refractivity contribution is 0.0569. The van der Waals surface area contributed by atoms with Gasteiger partial charge in [0.2, 0.25) is 5.89 Å². The molecule has 0 spiro atoms. The molecule has 7 heteroatoms. The van der Waals surface area contributed by atoms with Gasteiger partial charge in [0.05, 0.1) is 19.6 Å². The van der Waals surface area contributed by atoms with Crippen LogP contribution in [0.15, 0.2) is 28.8 Å². The third-order valence-corrected chi connectivity index (χ3v) is 4.86. The molecule has 138 valence electrons. The van der Waals surface area contributed by atoms with Crippen LogP contribution in [-0.2, 0) is 11.2 Å². The highest BCUT2D eigenvalue weighted by Crippen LogP contribution is 2.29. The van der Waals surface area contributed by atoms with Gasteiger partial charge in [-0.05, 0) is 43.0 Å². The molecule has 0 unspecified atom stereocenters. The van der Waals surface area contributed by atoms with E-state index in [0.29, 0.717) is 43.4 Å². The van der Waals surface area contributed by atoms with Crippen LogP contribution in [-0.4, -0.2) is 54.4 Å². The second-order valence-corrected chi connectivity index (χ2v) is 6.95. The number of carbonyl (C=O) groups is 1. The molecular formula is C19H23N3O4. The number of hydrogen-bond acceptors (Lipinski definition) is 6. The van der Waals surface area contributed by atoms with Crippen LogP contribution in [0.2, 0.25) is 0 Å². The molecule has 7 nitrogen and oxygen atoms in total. The highest BCUT2D eigenvalue weighted by atomic mass is 16.5. The number of benzene rings is 1. The second-order valence-electron chi connectivity index (χ2n) is 6.95. The van der Waals surface area contributed by atoms with Gasteiger partial charge in [0.1, 0.15) is 5.75 Å². The Morgan fingerprint density at radius 3 is 2.73 bits per heavy atom. The minimum absolute atomic E-state index is 0.0112. The molecule has 2 fully saturated rings. The Morgan fingerprint density at radius 2 is 2.04 bits per heavy atom. The van der Waals surface area contributed by atoms with Gasteiger partial charge in [0.25, 0.3) is 5.91 Å². The summed E-state index contributed by atoms with van der Waals surface area (Å²) in [4.78, 5) is 18.7. The summed E-state index contributed by atoms with van der Waals surface area (Å²) < 4.78 is 16.1. The van der Waals surface area contributed by atoms with Gasteiger partial charge in [-0.2, -0.15) is 4.98 Å². The molecule has 2 aliphatic rings. The Kier molecular flexibility index (Phi) is 4.88. The summed E-state index contributed by atoms with van der Waals surface area (Å²) in [6.45, 7) is 2.67. The number of carbonyl (C=O) groups excluding carboxylic acids is 1. The van der Waals surface area contributed by atoms with Crippen molar-refractivity contribution in [3.05, 3.63) is 41.5 Å². The maximum Gasteiger partial charge on any atom is 0.253 e. The maximum atomic E-state index is 12.4. The quantitative estimate of drug-likeness (QED) is 0.675. The molecule has 2 aromatic rings. The Labute approximate surface area is 152 Å². The summed E-state index contributed by atoms with van der Waals surface area (Å²) in [5.74, 6) is 2.92. The van der Waals surface area contributed by atoms with Crippen LogP contribution in [0.25, 0.3) is 0 Å². The molecule has 2 heterocycles. The van der Waals surface area contributed by atoms with E-state index < -0.39 is 0 Å². The van der Waals surface area contributed by atoms with E-state index in [4.69, 9.17) is 14.0 Å². The Morgan fingerprint density at radius 1 is 1.27 bits per heavy atom. The third kappa shape index (κ3) is 3.88. The first kappa shape index (κ1) is 17.0. The molecule has 0 bridgehead atoms. The van der Waals surface area contributed by atoms with Gasteiger partial charge in [-0.25, -0.2) is 0 Å². The number of methoxy groups -OCH3 is 1. The van der Waals surface area contributed by atoms with E-state index in [0.717, 1.165) is 18.3 Å². The van der Waals surface area contributed by atoms with E-state index in [1.54, 1.807) is 36.3 Å². The van der Waals surface area contributed by atoms with Crippen LogP contribution < -0.4 is 4.74 Å². The highest BCUT2D eigenvalue weighted by molar-refractivity contribution is 5.95. The minimum atomic E-state index is 0.0112. The number of aromatic nitrogens is 2. The third-order valence-electron chi connectivity index (χ3n) is 4.86. The Hall–Kier alpha value is -2.41. The van der Waals surface area contributed by atoms with Gasteiger partial charge in [0, 0.05) is 31.7 Å². The standard InChI is InChI=1S/C19H23N3O4/c1-24-16-6-4-14(5-7-16)19(23)22-10-15(11-22)18-20-17(21-26-18)8-9-25-12-13-2-3-13/h4-7,13,15H,2-3,8-12H2,1H3. The predicted octanol–water partition coefficient (Wildman–Crippen LogP) is 2.29. The molecule has 0 atom stereocenters. The average Bonchev–Trinajstić information content (AvgIpc) is 3.35. The number of hydrogen-bond donors (Lipinski definition) is 0. The van der Waals surface area contributed by atoms with Crippen molar-refractivity contribution in [2.45, 2.75) is 25.2 Å². The van der Waals surface area contributed by atoms with Crippen molar-refractivity contribution in [1.82, 2.24) is 15.0 Å². The van der Waals surface area contributed by atoms with Crippen LogP contribution in [0.5, 0.6) is 5.75 Å². The summed E-state index contributed by atoms with van der Waals surface area (Å²) in [6.07, 6.45) is 3.25. The molecule has 1 aromatic carbocycles. The number of amides is 1. The molecule has 1 saturated heterocycles. The second kappa shape index (κ2) is 7.45. The van der Waals surface area contributed by atoms with Crippen molar-refractivity contribution in [2.75, 3.05) is 33.4 Å². The average molecular weight is 357 g/mol. The zero-order valence-electron chi connectivity index (χ0n) is 14.9. The van der Waals surface area contributed by atoms with Crippen LogP contribution in [0, 0.1) is 5.92 Å². The fourth-order valence-corrected chi connectivity index (χ4v) is 2.95. The summed E-state index contributed by atoms with van der Waals surface area (Å²) in [5.41, 5.74) is 0.656. The highest BCUT2D eigenvalue weighted by Gasteiger charge is 2.36. The molecule has 0 N–H and O–H groups in total. The molecular weight excluding hydrogens is 334 g/mol. The van der Waals surface area contributed by atoms with Crippen molar-refractivity contribution in [3.63, 3.8) is 0 Å². The van der Waals surface area contributed by atoms with E-state index in [1.807, 2.05) is 0 Å². The fraction of sp³-hybridized carbons (Fsp3) is 0.526. The van der Waals surface area contributed by atoms with E-state index >= 15 is 0 Å². The van der Waals surface area contributed by atoms with Crippen LogP contribution >= 0.6 is 0 Å². The minimum Gasteiger partial charge on any atom is -0.497 e. The molecule has 4 rings (SSSR count). The van der Waals surface area contributed by atoms with Crippen LogP contribution in [0.4, 0.5) is 0 Å². The largest absolute Gasteiger partial charge is 0.497 e. The Bertz CT molecular complexity index is 748. The van der Waals surface area contributed by atoms with Gasteiger partial charge in [-0.15, -0.1) is 0 Å². The van der Waals surface area contributed by atoms with Crippen LogP contribution in [0.1, 0.15) is 40.8 Å². The first-order valence-electron chi connectivity index (χ1n) is 9.06. The summed E-state index contributed by atoms with van der Waals surface area (Å²) in [6, 6.07) is 7.14. The van der Waals surface area contributed by atoms with Crippen molar-refractivity contribution in [2.24, 2.45) is 5.92 Å². The van der Waals surface area contributed by atoms with Crippen molar-refractivity contribution in [3.8, 4) is 5.75 Å². The lowest BCUT2D eigenvalue weighted by Crippen LogP contribution is -2.48. The first-order chi connectivity index (χ1) is 12.7. The van der Waals surface area contributed by atoms with Gasteiger partial charge in [0.15, 0.2) is 5.82 Å². The molecule has 1 aromatic heterocycles. The first-order valence-corrected chi connectivity index (χ1v) is 9.06. The van der Waals surface area contributed by atoms with E-state index in [-0.39, 0.29) is 11.8 Å². The van der Waals surface area contributed by atoms with Gasteiger partial charge >= 0.3 is 0 Å². The van der Waals surface area contributed by atoms with Crippen molar-refractivity contribution < 1.29 is 18.8 Å². The molecule has 1 aliphatic carbocycles. The molecule has 26 heavy (non-hydrogen) atoms. The lowest BCUT2D eigenvalue weighted by Gasteiger charge is -2.37. The monoisotopic (exact) mass is 357 g/mol. The van der Waals surface area contributed by atoms with E-state index in [1.165, 1.54) is 12.8 Å². The topological polar surface area (TPSA) is 77.7 Å². The maximum absolute atomic E-state index is 12.4. The molecule has 1 aliphatic heterocycles. The van der Waals surface area contributed by atoms with E-state index in [9.17, 15) is 4.79 Å². The number of ether oxygens (including phenoxy) is 2. The number of rotatable bonds is 8. The van der Waals surface area contributed by atoms with Crippen molar-refractivity contribution in [1.29, 1.82) is 0 Å². The lowest BCUT2D eigenvalue weighted by atomic mass is 9.98. The Balaban J connectivity index is 1.24. The molecule has 0 radical (unpaired) electrons. The zero-order chi connectivity index (χ0) is 17.9.